The van der Waals surface area contributed by atoms with Gasteiger partial charge in [-0.25, -0.2) is 4.98 Å². The van der Waals surface area contributed by atoms with Crippen LogP contribution in [0.15, 0.2) is 11.1 Å². The molecule has 0 spiro atoms. The first-order valence-electron chi connectivity index (χ1n) is 5.43. The highest BCUT2D eigenvalue weighted by atomic mass is 32.2. The highest BCUT2D eigenvalue weighted by Crippen LogP contribution is 2.23. The van der Waals surface area contributed by atoms with E-state index in [9.17, 15) is 9.59 Å². The summed E-state index contributed by atoms with van der Waals surface area (Å²) in [6.45, 7) is 3.20. The van der Waals surface area contributed by atoms with Crippen LogP contribution in [-0.2, 0) is 9.59 Å². The van der Waals surface area contributed by atoms with E-state index in [0.717, 1.165) is 23.0 Å². The molecule has 1 amide bonds. The van der Waals surface area contributed by atoms with Crippen LogP contribution in [0.4, 0.5) is 0 Å². The van der Waals surface area contributed by atoms with Crippen LogP contribution < -0.4 is 5.32 Å². The smallest absolute Gasteiger partial charge is 0.322 e. The summed E-state index contributed by atoms with van der Waals surface area (Å²) < 4.78 is 0. The molecule has 1 aromatic heterocycles. The molecule has 19 heavy (non-hydrogen) atoms. The fraction of sp³-hybridized carbons (Fsp3) is 0.333. The van der Waals surface area contributed by atoms with Gasteiger partial charge in [-0.2, -0.15) is 5.26 Å². The molecule has 1 rings (SSSR count). The minimum atomic E-state index is -1.10. The summed E-state index contributed by atoms with van der Waals surface area (Å²) in [5, 5.41) is 20.2. The average molecular weight is 279 g/mol. The number of hydrogen-bond acceptors (Lipinski definition) is 5. The van der Waals surface area contributed by atoms with Crippen LogP contribution in [0.3, 0.4) is 0 Å². The van der Waals surface area contributed by atoms with Crippen LogP contribution in [0.5, 0.6) is 0 Å². The molecule has 0 aromatic carbocycles. The normalized spacial score (nSPS) is 9.74. The number of nitrogens with zero attached hydrogens (tertiary/aromatic N) is 2. The Morgan fingerprint density at radius 1 is 1.53 bits per heavy atom. The Labute approximate surface area is 114 Å². The summed E-state index contributed by atoms with van der Waals surface area (Å²) in [6.07, 6.45) is 0. The summed E-state index contributed by atoms with van der Waals surface area (Å²) in [7, 11) is 0. The lowest BCUT2D eigenvalue weighted by molar-refractivity contribution is -0.137. The van der Waals surface area contributed by atoms with E-state index in [4.69, 9.17) is 10.4 Å². The van der Waals surface area contributed by atoms with Crippen LogP contribution in [0, 0.1) is 25.2 Å². The van der Waals surface area contributed by atoms with Crippen molar-refractivity contribution in [3.05, 3.63) is 22.9 Å². The number of carboxylic acids is 1. The summed E-state index contributed by atoms with van der Waals surface area (Å²) in [5.74, 6) is -1.48. The van der Waals surface area contributed by atoms with Crippen molar-refractivity contribution in [2.75, 3.05) is 12.3 Å². The number of hydrogen-bond donors (Lipinski definition) is 2. The molecular formula is C12H13N3O3S. The zero-order valence-corrected chi connectivity index (χ0v) is 11.4. The highest BCUT2D eigenvalue weighted by Gasteiger charge is 2.11. The molecule has 0 unspecified atom stereocenters. The molecule has 0 aliphatic heterocycles. The van der Waals surface area contributed by atoms with Gasteiger partial charge in [0.25, 0.3) is 0 Å². The maximum Gasteiger partial charge on any atom is 0.322 e. The van der Waals surface area contributed by atoms with Gasteiger partial charge < -0.3 is 10.4 Å². The number of rotatable bonds is 5. The van der Waals surface area contributed by atoms with Crippen molar-refractivity contribution in [2.24, 2.45) is 0 Å². The lowest BCUT2D eigenvalue weighted by Gasteiger charge is -2.07. The molecule has 100 valence electrons. The molecule has 0 radical (unpaired) electrons. The molecule has 0 fully saturated rings. The van der Waals surface area contributed by atoms with Crippen LogP contribution in [0.1, 0.15) is 16.8 Å². The number of nitrogens with one attached hydrogen (secondary N) is 1. The quantitative estimate of drug-likeness (QED) is 0.775. The second kappa shape index (κ2) is 6.75. The van der Waals surface area contributed by atoms with E-state index in [1.165, 1.54) is 0 Å². The molecule has 0 atom stereocenters. The minimum Gasteiger partial charge on any atom is -0.480 e. The standard InChI is InChI=1S/C12H13N3O3S/c1-7-3-8(2)15-12(9(7)4-13)19-6-10(16)14-5-11(17)18/h3H,5-6H2,1-2H3,(H,14,16)(H,17,18). The van der Waals surface area contributed by atoms with Crippen molar-refractivity contribution >= 4 is 23.6 Å². The monoisotopic (exact) mass is 279 g/mol. The zero-order chi connectivity index (χ0) is 14.4. The summed E-state index contributed by atoms with van der Waals surface area (Å²) in [4.78, 5) is 25.9. The first kappa shape index (κ1) is 15.0. The predicted octanol–water partition coefficient (Wildman–Crippen LogP) is 0.863. The van der Waals surface area contributed by atoms with Crippen LogP contribution in [0.25, 0.3) is 0 Å². The van der Waals surface area contributed by atoms with E-state index < -0.39 is 18.4 Å². The van der Waals surface area contributed by atoms with Gasteiger partial charge in [0.05, 0.1) is 11.3 Å². The third-order valence-corrected chi connectivity index (χ3v) is 3.18. The largest absolute Gasteiger partial charge is 0.480 e. The van der Waals surface area contributed by atoms with E-state index in [2.05, 4.69) is 16.4 Å². The summed E-state index contributed by atoms with van der Waals surface area (Å²) >= 11 is 1.12. The van der Waals surface area contributed by atoms with Gasteiger partial charge in [-0.15, -0.1) is 0 Å². The Hall–Kier alpha value is -2.07. The molecule has 1 aromatic rings. The fourth-order valence-electron chi connectivity index (χ4n) is 1.40. The Balaban J connectivity index is 2.70. The van der Waals surface area contributed by atoms with E-state index >= 15 is 0 Å². The number of pyridine rings is 1. The number of aryl methyl sites for hydroxylation is 2. The summed E-state index contributed by atoms with van der Waals surface area (Å²) in [5.41, 5.74) is 2.02. The van der Waals surface area contributed by atoms with Crippen molar-refractivity contribution in [1.82, 2.24) is 10.3 Å². The van der Waals surface area contributed by atoms with Crippen LogP contribution in [0.2, 0.25) is 0 Å². The number of thioether (sulfide) groups is 1. The number of amides is 1. The maximum atomic E-state index is 11.4. The Kier molecular flexibility index (Phi) is 5.33. The Morgan fingerprint density at radius 2 is 2.21 bits per heavy atom. The van der Waals surface area contributed by atoms with E-state index in [0.29, 0.717) is 10.6 Å². The SMILES string of the molecule is Cc1cc(C)c(C#N)c(SCC(=O)NCC(=O)O)n1. The molecule has 6 nitrogen and oxygen atoms in total. The van der Waals surface area contributed by atoms with Gasteiger partial charge in [-0.3, -0.25) is 9.59 Å². The van der Waals surface area contributed by atoms with Crippen molar-refractivity contribution in [3.8, 4) is 6.07 Å². The number of aromatic nitrogens is 1. The first-order valence-corrected chi connectivity index (χ1v) is 6.42. The molecule has 0 saturated heterocycles. The molecule has 0 aliphatic carbocycles. The summed E-state index contributed by atoms with van der Waals surface area (Å²) in [6, 6.07) is 3.85. The van der Waals surface area contributed by atoms with Gasteiger partial charge in [0.15, 0.2) is 0 Å². The number of carboxylic acid groups (broad SMARTS) is 1. The number of carbonyl (C=O) groups is 2. The number of nitriles is 1. The Morgan fingerprint density at radius 3 is 2.79 bits per heavy atom. The minimum absolute atomic E-state index is 0.0256. The third kappa shape index (κ3) is 4.60. The van der Waals surface area contributed by atoms with Crippen LogP contribution in [-0.4, -0.2) is 34.3 Å². The molecule has 1 heterocycles. The van der Waals surface area contributed by atoms with Crippen molar-refractivity contribution in [2.45, 2.75) is 18.9 Å². The highest BCUT2D eigenvalue weighted by molar-refractivity contribution is 8.00. The van der Waals surface area contributed by atoms with E-state index in [-0.39, 0.29) is 5.75 Å². The van der Waals surface area contributed by atoms with Gasteiger partial charge in [0.2, 0.25) is 5.91 Å². The van der Waals surface area contributed by atoms with Gasteiger partial charge in [-0.1, -0.05) is 11.8 Å². The molecule has 2 N–H and O–H groups in total. The molecular weight excluding hydrogens is 266 g/mol. The fourth-order valence-corrected chi connectivity index (χ4v) is 2.33. The molecule has 0 bridgehead atoms. The van der Waals surface area contributed by atoms with Crippen LogP contribution >= 0.6 is 11.8 Å². The second-order valence-electron chi connectivity index (χ2n) is 3.83. The predicted molar refractivity (Wildman–Crippen MR) is 69.8 cm³/mol. The van der Waals surface area contributed by atoms with Gasteiger partial charge >= 0.3 is 5.97 Å². The molecule has 7 heteroatoms. The second-order valence-corrected chi connectivity index (χ2v) is 4.80. The first-order chi connectivity index (χ1) is 8.93. The lowest BCUT2D eigenvalue weighted by Crippen LogP contribution is -2.30. The third-order valence-electron chi connectivity index (χ3n) is 2.20. The Bertz CT molecular complexity index is 552. The van der Waals surface area contributed by atoms with E-state index in [1.807, 2.05) is 13.8 Å². The zero-order valence-electron chi connectivity index (χ0n) is 10.6. The van der Waals surface area contributed by atoms with Gasteiger partial charge in [-0.05, 0) is 25.5 Å². The van der Waals surface area contributed by atoms with E-state index in [1.54, 1.807) is 6.07 Å². The molecule has 0 aliphatic rings. The topological polar surface area (TPSA) is 103 Å². The van der Waals surface area contributed by atoms with Crippen molar-refractivity contribution in [1.29, 1.82) is 5.26 Å². The number of carbonyl (C=O) groups excluding carboxylic acids is 1. The average Bonchev–Trinajstić information content (AvgIpc) is 2.33. The van der Waals surface area contributed by atoms with Crippen molar-refractivity contribution in [3.63, 3.8) is 0 Å². The maximum absolute atomic E-state index is 11.4. The van der Waals surface area contributed by atoms with Gasteiger partial charge in [0, 0.05) is 5.69 Å². The van der Waals surface area contributed by atoms with Gasteiger partial charge in [0.1, 0.15) is 17.6 Å². The van der Waals surface area contributed by atoms with Crippen molar-refractivity contribution < 1.29 is 14.7 Å². The molecule has 0 saturated carbocycles. The lowest BCUT2D eigenvalue weighted by atomic mass is 10.1. The number of aliphatic carboxylic acids is 1.